The highest BCUT2D eigenvalue weighted by molar-refractivity contribution is 9.10. The Morgan fingerprint density at radius 3 is 2.81 bits per heavy atom. The Labute approximate surface area is 130 Å². The first-order valence-corrected chi connectivity index (χ1v) is 7.70. The van der Waals surface area contributed by atoms with Gasteiger partial charge in [-0.05, 0) is 47.8 Å². The van der Waals surface area contributed by atoms with Crippen LogP contribution in [0.3, 0.4) is 0 Å². The molecular weight excluding hydrogens is 337 g/mol. The topological polar surface area (TPSA) is 47.0 Å². The first kappa shape index (κ1) is 14.3. The molecule has 1 aromatic carbocycles. The van der Waals surface area contributed by atoms with Gasteiger partial charge in [0.05, 0.1) is 4.47 Å². The van der Waals surface area contributed by atoms with Crippen LogP contribution in [0.5, 0.6) is 11.6 Å². The van der Waals surface area contributed by atoms with Gasteiger partial charge in [-0.2, -0.15) is 4.98 Å². The second-order valence-corrected chi connectivity index (χ2v) is 5.79. The van der Waals surface area contributed by atoms with Crippen molar-refractivity contribution in [1.29, 1.82) is 0 Å². The summed E-state index contributed by atoms with van der Waals surface area (Å²) in [6, 6.07) is 6.36. The second-order valence-electron chi connectivity index (χ2n) is 4.93. The van der Waals surface area contributed by atoms with Gasteiger partial charge < -0.3 is 10.1 Å². The predicted molar refractivity (Wildman–Crippen MR) is 82.3 cm³/mol. The zero-order valence-corrected chi connectivity index (χ0v) is 13.2. The fraction of sp³-hybridized carbons (Fsp3) is 0.333. The lowest BCUT2D eigenvalue weighted by molar-refractivity contribution is 0.454. The predicted octanol–water partition coefficient (Wildman–Crippen LogP) is 4.48. The molecule has 0 radical (unpaired) electrons. The standard InChI is InChI=1S/C15H15BrFN3O/c1-2-18-13-8-14(20-15(19-13)9-3-4-9)21-10-5-6-11(16)12(17)7-10/h5-9H,2-4H2,1H3,(H,18,19,20). The molecular formula is C15H15BrFN3O. The molecule has 0 saturated heterocycles. The van der Waals surface area contributed by atoms with Gasteiger partial charge >= 0.3 is 0 Å². The third-order valence-electron chi connectivity index (χ3n) is 3.13. The summed E-state index contributed by atoms with van der Waals surface area (Å²) in [7, 11) is 0. The zero-order chi connectivity index (χ0) is 14.8. The lowest BCUT2D eigenvalue weighted by Gasteiger charge is -2.10. The quantitative estimate of drug-likeness (QED) is 0.862. The van der Waals surface area contributed by atoms with Crippen LogP contribution in [0.15, 0.2) is 28.7 Å². The number of rotatable bonds is 5. The molecule has 1 aromatic heterocycles. The van der Waals surface area contributed by atoms with E-state index in [0.29, 0.717) is 22.0 Å². The molecule has 1 fully saturated rings. The van der Waals surface area contributed by atoms with Gasteiger partial charge in [0.25, 0.3) is 0 Å². The van der Waals surface area contributed by atoms with Crippen molar-refractivity contribution in [2.45, 2.75) is 25.7 Å². The summed E-state index contributed by atoms with van der Waals surface area (Å²) in [5, 5.41) is 3.16. The molecule has 3 rings (SSSR count). The van der Waals surface area contributed by atoms with Crippen molar-refractivity contribution in [3.63, 3.8) is 0 Å². The Kier molecular flexibility index (Phi) is 4.05. The van der Waals surface area contributed by atoms with Crippen molar-refractivity contribution in [2.24, 2.45) is 0 Å². The molecule has 1 aliphatic rings. The highest BCUT2D eigenvalue weighted by Crippen LogP contribution is 2.39. The van der Waals surface area contributed by atoms with Gasteiger partial charge in [0.15, 0.2) is 0 Å². The SMILES string of the molecule is CCNc1cc(Oc2ccc(Br)c(F)c2)nc(C2CC2)n1. The van der Waals surface area contributed by atoms with Crippen molar-refractivity contribution in [2.75, 3.05) is 11.9 Å². The molecule has 0 atom stereocenters. The Balaban J connectivity index is 1.87. The number of benzene rings is 1. The minimum absolute atomic E-state index is 0.365. The van der Waals surface area contributed by atoms with Gasteiger partial charge in [-0.25, -0.2) is 9.37 Å². The summed E-state index contributed by atoms with van der Waals surface area (Å²) in [6.45, 7) is 2.77. The Hall–Kier alpha value is -1.69. The summed E-state index contributed by atoms with van der Waals surface area (Å²) >= 11 is 3.12. The van der Waals surface area contributed by atoms with Crippen molar-refractivity contribution >= 4 is 21.7 Å². The highest BCUT2D eigenvalue weighted by atomic mass is 79.9. The lowest BCUT2D eigenvalue weighted by atomic mass is 10.3. The Morgan fingerprint density at radius 2 is 2.14 bits per heavy atom. The third kappa shape index (κ3) is 3.50. The van der Waals surface area contributed by atoms with Crippen LogP contribution in [-0.4, -0.2) is 16.5 Å². The van der Waals surface area contributed by atoms with Crippen LogP contribution in [0.1, 0.15) is 31.5 Å². The van der Waals surface area contributed by atoms with Gasteiger partial charge in [-0.3, -0.25) is 0 Å². The molecule has 0 spiro atoms. The number of ether oxygens (including phenoxy) is 1. The molecule has 1 saturated carbocycles. The van der Waals surface area contributed by atoms with Crippen LogP contribution in [0, 0.1) is 5.82 Å². The molecule has 0 aliphatic heterocycles. The highest BCUT2D eigenvalue weighted by Gasteiger charge is 2.27. The van der Waals surface area contributed by atoms with Crippen LogP contribution in [-0.2, 0) is 0 Å². The van der Waals surface area contributed by atoms with E-state index in [1.165, 1.54) is 6.07 Å². The van der Waals surface area contributed by atoms with Crippen LogP contribution in [0.2, 0.25) is 0 Å². The largest absolute Gasteiger partial charge is 0.439 e. The second kappa shape index (κ2) is 5.97. The summed E-state index contributed by atoms with van der Waals surface area (Å²) in [6.07, 6.45) is 2.23. The van der Waals surface area contributed by atoms with E-state index in [0.717, 1.165) is 31.0 Å². The van der Waals surface area contributed by atoms with Crippen LogP contribution < -0.4 is 10.1 Å². The minimum Gasteiger partial charge on any atom is -0.439 e. The first-order chi connectivity index (χ1) is 10.2. The zero-order valence-electron chi connectivity index (χ0n) is 11.6. The smallest absolute Gasteiger partial charge is 0.224 e. The molecule has 1 N–H and O–H groups in total. The van der Waals surface area contributed by atoms with Crippen molar-refractivity contribution in [3.05, 3.63) is 40.4 Å². The van der Waals surface area contributed by atoms with Crippen molar-refractivity contribution < 1.29 is 9.13 Å². The maximum atomic E-state index is 13.5. The number of hydrogen-bond acceptors (Lipinski definition) is 4. The number of anilines is 1. The van der Waals surface area contributed by atoms with Crippen molar-refractivity contribution in [3.8, 4) is 11.6 Å². The van der Waals surface area contributed by atoms with E-state index in [9.17, 15) is 4.39 Å². The monoisotopic (exact) mass is 351 g/mol. The number of nitrogens with zero attached hydrogens (tertiary/aromatic N) is 2. The summed E-state index contributed by atoms with van der Waals surface area (Å²) in [5.74, 6) is 2.44. The van der Waals surface area contributed by atoms with Crippen LogP contribution in [0.4, 0.5) is 10.2 Å². The molecule has 2 aromatic rings. The van der Waals surface area contributed by atoms with Gasteiger partial charge in [0.2, 0.25) is 5.88 Å². The average Bonchev–Trinajstić information content (AvgIpc) is 3.28. The van der Waals surface area contributed by atoms with Crippen molar-refractivity contribution in [1.82, 2.24) is 9.97 Å². The molecule has 0 unspecified atom stereocenters. The molecule has 0 amide bonds. The normalized spacial score (nSPS) is 14.0. The van der Waals surface area contributed by atoms with E-state index >= 15 is 0 Å². The van der Waals surface area contributed by atoms with E-state index in [1.807, 2.05) is 6.92 Å². The molecule has 6 heteroatoms. The molecule has 110 valence electrons. The summed E-state index contributed by atoms with van der Waals surface area (Å²) in [4.78, 5) is 8.89. The molecule has 1 aliphatic carbocycles. The van der Waals surface area contributed by atoms with Gasteiger partial charge in [-0.15, -0.1) is 0 Å². The maximum absolute atomic E-state index is 13.5. The van der Waals surface area contributed by atoms with E-state index in [4.69, 9.17) is 4.74 Å². The first-order valence-electron chi connectivity index (χ1n) is 6.91. The molecule has 4 nitrogen and oxygen atoms in total. The minimum atomic E-state index is -0.365. The number of aromatic nitrogens is 2. The average molecular weight is 352 g/mol. The van der Waals surface area contributed by atoms with Crippen LogP contribution in [0.25, 0.3) is 0 Å². The summed E-state index contributed by atoms with van der Waals surface area (Å²) < 4.78 is 19.6. The number of hydrogen-bond donors (Lipinski definition) is 1. The van der Waals surface area contributed by atoms with E-state index in [-0.39, 0.29) is 5.82 Å². The third-order valence-corrected chi connectivity index (χ3v) is 3.78. The summed E-state index contributed by atoms with van der Waals surface area (Å²) in [5.41, 5.74) is 0. The van der Waals surface area contributed by atoms with E-state index in [2.05, 4.69) is 31.2 Å². The molecule has 0 bridgehead atoms. The number of nitrogens with one attached hydrogen (secondary N) is 1. The Bertz CT molecular complexity index is 661. The van der Waals surface area contributed by atoms with Gasteiger partial charge in [0.1, 0.15) is 23.2 Å². The van der Waals surface area contributed by atoms with Crippen LogP contribution >= 0.6 is 15.9 Å². The fourth-order valence-electron chi connectivity index (χ4n) is 1.95. The van der Waals surface area contributed by atoms with E-state index in [1.54, 1.807) is 18.2 Å². The molecule has 1 heterocycles. The van der Waals surface area contributed by atoms with Gasteiger partial charge in [0, 0.05) is 24.6 Å². The van der Waals surface area contributed by atoms with E-state index < -0.39 is 0 Å². The fourth-order valence-corrected chi connectivity index (χ4v) is 2.20. The Morgan fingerprint density at radius 1 is 1.33 bits per heavy atom. The van der Waals surface area contributed by atoms with Gasteiger partial charge in [-0.1, -0.05) is 0 Å². The number of halogens is 2. The molecule has 21 heavy (non-hydrogen) atoms. The maximum Gasteiger partial charge on any atom is 0.224 e. The lowest BCUT2D eigenvalue weighted by Crippen LogP contribution is -2.04.